The molecule has 106 valence electrons. The van der Waals surface area contributed by atoms with Gasteiger partial charge in [-0.3, -0.25) is 0 Å². The van der Waals surface area contributed by atoms with Crippen LogP contribution in [0.4, 0.5) is 5.69 Å². The van der Waals surface area contributed by atoms with Crippen molar-refractivity contribution >= 4 is 17.3 Å². The highest BCUT2D eigenvalue weighted by atomic mass is 35.5. The van der Waals surface area contributed by atoms with Gasteiger partial charge in [-0.05, 0) is 42.3 Å². The van der Waals surface area contributed by atoms with Crippen LogP contribution < -0.4 is 10.1 Å². The molecule has 2 aromatic rings. The summed E-state index contributed by atoms with van der Waals surface area (Å²) in [7, 11) is 1.62. The van der Waals surface area contributed by atoms with Gasteiger partial charge < -0.3 is 15.2 Å². The summed E-state index contributed by atoms with van der Waals surface area (Å²) < 4.78 is 5.10. The van der Waals surface area contributed by atoms with Crippen molar-refractivity contribution in [2.24, 2.45) is 0 Å². The Morgan fingerprint density at radius 1 is 1.20 bits per heavy atom. The third-order valence-corrected chi connectivity index (χ3v) is 3.66. The van der Waals surface area contributed by atoms with Gasteiger partial charge in [0.05, 0.1) is 13.2 Å². The van der Waals surface area contributed by atoms with Crippen LogP contribution in [0.3, 0.4) is 0 Å². The van der Waals surface area contributed by atoms with E-state index in [-0.39, 0.29) is 0 Å². The van der Waals surface area contributed by atoms with Crippen LogP contribution in [-0.2, 0) is 0 Å². The molecule has 0 saturated carbocycles. The van der Waals surface area contributed by atoms with E-state index in [0.29, 0.717) is 11.6 Å². The van der Waals surface area contributed by atoms with Crippen LogP contribution in [0, 0.1) is 6.92 Å². The number of nitrogens with one attached hydrogen (secondary N) is 1. The average molecular weight is 292 g/mol. The summed E-state index contributed by atoms with van der Waals surface area (Å²) in [6.07, 6.45) is -0.584. The Kier molecular flexibility index (Phi) is 4.88. The molecule has 1 unspecified atom stereocenters. The molecule has 4 heteroatoms. The fraction of sp³-hybridized carbons (Fsp3) is 0.250. The van der Waals surface area contributed by atoms with E-state index < -0.39 is 6.10 Å². The van der Waals surface area contributed by atoms with Crippen LogP contribution in [0.25, 0.3) is 0 Å². The lowest BCUT2D eigenvalue weighted by atomic mass is 10.1. The van der Waals surface area contributed by atoms with Gasteiger partial charge in [-0.1, -0.05) is 29.8 Å². The molecule has 0 aliphatic carbocycles. The van der Waals surface area contributed by atoms with Gasteiger partial charge in [0.25, 0.3) is 0 Å². The highest BCUT2D eigenvalue weighted by Crippen LogP contribution is 2.24. The van der Waals surface area contributed by atoms with E-state index in [1.807, 2.05) is 49.4 Å². The van der Waals surface area contributed by atoms with E-state index in [1.54, 1.807) is 7.11 Å². The van der Waals surface area contributed by atoms with Crippen LogP contribution in [0.15, 0.2) is 42.5 Å². The van der Waals surface area contributed by atoms with Crippen molar-refractivity contribution in [2.75, 3.05) is 19.0 Å². The molecule has 2 aromatic carbocycles. The first-order valence-electron chi connectivity index (χ1n) is 6.43. The Morgan fingerprint density at radius 3 is 2.55 bits per heavy atom. The van der Waals surface area contributed by atoms with Crippen molar-refractivity contribution in [3.8, 4) is 5.75 Å². The first kappa shape index (κ1) is 14.7. The third kappa shape index (κ3) is 3.44. The zero-order valence-corrected chi connectivity index (χ0v) is 12.3. The fourth-order valence-electron chi connectivity index (χ4n) is 1.95. The maximum atomic E-state index is 10.2. The Hall–Kier alpha value is -1.71. The predicted octanol–water partition coefficient (Wildman–Crippen LogP) is 3.80. The van der Waals surface area contributed by atoms with Gasteiger partial charge in [-0.2, -0.15) is 0 Å². The van der Waals surface area contributed by atoms with E-state index >= 15 is 0 Å². The molecule has 0 amide bonds. The summed E-state index contributed by atoms with van der Waals surface area (Å²) in [6, 6.07) is 13.1. The van der Waals surface area contributed by atoms with Gasteiger partial charge in [-0.25, -0.2) is 0 Å². The minimum atomic E-state index is -0.584. The Balaban J connectivity index is 2.00. The topological polar surface area (TPSA) is 41.5 Å². The Labute approximate surface area is 124 Å². The molecule has 0 fully saturated rings. The summed E-state index contributed by atoms with van der Waals surface area (Å²) in [5.41, 5.74) is 2.76. The highest BCUT2D eigenvalue weighted by Gasteiger charge is 2.09. The summed E-state index contributed by atoms with van der Waals surface area (Å²) >= 11 is 6.06. The number of hydrogen-bond acceptors (Lipinski definition) is 3. The maximum absolute atomic E-state index is 10.2. The quantitative estimate of drug-likeness (QED) is 0.880. The summed E-state index contributed by atoms with van der Waals surface area (Å²) in [5, 5.41) is 14.1. The minimum absolute atomic E-state index is 0.424. The van der Waals surface area contributed by atoms with Crippen LogP contribution in [0.1, 0.15) is 17.2 Å². The molecule has 0 spiro atoms. The van der Waals surface area contributed by atoms with Gasteiger partial charge >= 0.3 is 0 Å². The molecule has 0 bridgehead atoms. The zero-order valence-electron chi connectivity index (χ0n) is 11.6. The molecule has 2 rings (SSSR count). The molecule has 0 heterocycles. The van der Waals surface area contributed by atoms with Gasteiger partial charge in [0.15, 0.2) is 0 Å². The number of rotatable bonds is 5. The molecule has 2 N–H and O–H groups in total. The molecule has 3 nitrogen and oxygen atoms in total. The SMILES string of the molecule is COc1ccc(C(O)CNc2cccc(Cl)c2C)cc1. The van der Waals surface area contributed by atoms with Gasteiger partial charge in [0.1, 0.15) is 5.75 Å². The summed E-state index contributed by atoms with van der Waals surface area (Å²) in [5.74, 6) is 0.777. The third-order valence-electron chi connectivity index (χ3n) is 3.25. The molecular weight excluding hydrogens is 274 g/mol. The zero-order chi connectivity index (χ0) is 14.5. The van der Waals surface area contributed by atoms with Crippen LogP contribution in [0.2, 0.25) is 5.02 Å². The number of aliphatic hydroxyl groups is 1. The van der Waals surface area contributed by atoms with E-state index in [0.717, 1.165) is 22.6 Å². The molecule has 0 radical (unpaired) electrons. The molecule has 20 heavy (non-hydrogen) atoms. The van der Waals surface area contributed by atoms with Crippen molar-refractivity contribution in [1.82, 2.24) is 0 Å². The van der Waals surface area contributed by atoms with Gasteiger partial charge in [0.2, 0.25) is 0 Å². The normalized spacial score (nSPS) is 12.0. The van der Waals surface area contributed by atoms with Gasteiger partial charge in [0, 0.05) is 17.3 Å². The number of hydrogen-bond donors (Lipinski definition) is 2. The summed E-state index contributed by atoms with van der Waals surface area (Å²) in [4.78, 5) is 0. The second-order valence-corrected chi connectivity index (χ2v) is 4.99. The predicted molar refractivity (Wildman–Crippen MR) is 82.6 cm³/mol. The molecule has 0 aromatic heterocycles. The maximum Gasteiger partial charge on any atom is 0.118 e. The lowest BCUT2D eigenvalue weighted by Crippen LogP contribution is -2.12. The standard InChI is InChI=1S/C16H18ClNO2/c1-11-14(17)4-3-5-15(11)18-10-16(19)12-6-8-13(20-2)9-7-12/h3-9,16,18-19H,10H2,1-2H3. The Morgan fingerprint density at radius 2 is 1.90 bits per heavy atom. The van der Waals surface area contributed by atoms with Crippen molar-refractivity contribution in [2.45, 2.75) is 13.0 Å². The average Bonchev–Trinajstić information content (AvgIpc) is 2.48. The molecular formula is C16H18ClNO2. The van der Waals surface area contributed by atoms with Gasteiger partial charge in [-0.15, -0.1) is 0 Å². The molecule has 0 saturated heterocycles. The van der Waals surface area contributed by atoms with E-state index in [2.05, 4.69) is 5.32 Å². The lowest BCUT2D eigenvalue weighted by molar-refractivity contribution is 0.191. The second kappa shape index (κ2) is 6.64. The number of anilines is 1. The number of aliphatic hydroxyl groups excluding tert-OH is 1. The largest absolute Gasteiger partial charge is 0.497 e. The second-order valence-electron chi connectivity index (χ2n) is 4.58. The lowest BCUT2D eigenvalue weighted by Gasteiger charge is -2.15. The highest BCUT2D eigenvalue weighted by molar-refractivity contribution is 6.31. The van der Waals surface area contributed by atoms with Crippen LogP contribution >= 0.6 is 11.6 Å². The first-order chi connectivity index (χ1) is 9.61. The van der Waals surface area contributed by atoms with Crippen LogP contribution in [0.5, 0.6) is 5.75 Å². The van der Waals surface area contributed by atoms with Crippen molar-refractivity contribution in [1.29, 1.82) is 0 Å². The Bertz CT molecular complexity index is 569. The number of benzene rings is 2. The molecule has 1 atom stereocenters. The van der Waals surface area contributed by atoms with E-state index in [9.17, 15) is 5.11 Å². The summed E-state index contributed by atoms with van der Waals surface area (Å²) in [6.45, 7) is 2.37. The van der Waals surface area contributed by atoms with Crippen LogP contribution in [-0.4, -0.2) is 18.8 Å². The monoisotopic (exact) mass is 291 g/mol. The minimum Gasteiger partial charge on any atom is -0.497 e. The fourth-order valence-corrected chi connectivity index (χ4v) is 2.12. The number of methoxy groups -OCH3 is 1. The first-order valence-corrected chi connectivity index (χ1v) is 6.80. The molecule has 0 aliphatic rings. The van der Waals surface area contributed by atoms with E-state index in [1.165, 1.54) is 0 Å². The molecule has 0 aliphatic heterocycles. The van der Waals surface area contributed by atoms with Crippen molar-refractivity contribution in [3.05, 3.63) is 58.6 Å². The van der Waals surface area contributed by atoms with E-state index in [4.69, 9.17) is 16.3 Å². The van der Waals surface area contributed by atoms with Crippen molar-refractivity contribution < 1.29 is 9.84 Å². The smallest absolute Gasteiger partial charge is 0.118 e. The van der Waals surface area contributed by atoms with Crippen molar-refractivity contribution in [3.63, 3.8) is 0 Å². The number of ether oxygens (including phenoxy) is 1. The number of halogens is 1.